The molecule has 2 aromatic carbocycles. The average molecular weight is 467 g/mol. The fourth-order valence-electron chi connectivity index (χ4n) is 1.49. The molecule has 3 nitrogen and oxygen atoms in total. The van der Waals surface area contributed by atoms with Gasteiger partial charge in [0.15, 0.2) is 0 Å². The molecule has 0 bridgehead atoms. The number of benzene rings is 2. The number of amides is 1. The van der Waals surface area contributed by atoms with Crippen molar-refractivity contribution >= 4 is 61.9 Å². The van der Waals surface area contributed by atoms with E-state index in [2.05, 4.69) is 43.8 Å². The summed E-state index contributed by atoms with van der Waals surface area (Å²) in [7, 11) is 0. The van der Waals surface area contributed by atoms with Gasteiger partial charge in [0.25, 0.3) is 0 Å². The SMILES string of the molecule is O=C(Nc1ccc(I)c(Br)c1Cl)OCc1ccccc1. The zero-order chi connectivity index (χ0) is 14.5. The van der Waals surface area contributed by atoms with E-state index in [1.807, 2.05) is 36.4 Å². The van der Waals surface area contributed by atoms with Crippen molar-refractivity contribution in [3.05, 3.63) is 61.1 Å². The first kappa shape index (κ1) is 15.6. The molecular formula is C14H10BrClINO2. The largest absolute Gasteiger partial charge is 0.444 e. The number of nitrogens with one attached hydrogen (secondary N) is 1. The van der Waals surface area contributed by atoms with Gasteiger partial charge in [-0.05, 0) is 56.2 Å². The fraction of sp³-hybridized carbons (Fsp3) is 0.0714. The highest BCUT2D eigenvalue weighted by atomic mass is 127. The first-order valence-electron chi connectivity index (χ1n) is 5.69. The number of halogens is 3. The van der Waals surface area contributed by atoms with Gasteiger partial charge in [0, 0.05) is 3.57 Å². The predicted molar refractivity (Wildman–Crippen MR) is 92.1 cm³/mol. The fourth-order valence-corrected chi connectivity index (χ4v) is 2.66. The van der Waals surface area contributed by atoms with Crippen LogP contribution in [0.1, 0.15) is 5.56 Å². The number of hydrogen-bond acceptors (Lipinski definition) is 2. The van der Waals surface area contributed by atoms with Crippen molar-refractivity contribution in [1.82, 2.24) is 0 Å². The lowest BCUT2D eigenvalue weighted by Crippen LogP contribution is -2.14. The highest BCUT2D eigenvalue weighted by Crippen LogP contribution is 2.34. The van der Waals surface area contributed by atoms with Gasteiger partial charge in [-0.1, -0.05) is 41.9 Å². The topological polar surface area (TPSA) is 38.3 Å². The van der Waals surface area contributed by atoms with E-state index in [4.69, 9.17) is 16.3 Å². The lowest BCUT2D eigenvalue weighted by molar-refractivity contribution is 0.155. The number of hydrogen-bond donors (Lipinski definition) is 1. The molecular weight excluding hydrogens is 456 g/mol. The van der Waals surface area contributed by atoms with Crippen molar-refractivity contribution in [3.63, 3.8) is 0 Å². The molecule has 0 aromatic heterocycles. The van der Waals surface area contributed by atoms with Crippen LogP contribution in [0, 0.1) is 3.57 Å². The maximum atomic E-state index is 11.7. The Morgan fingerprint density at radius 2 is 1.95 bits per heavy atom. The molecule has 104 valence electrons. The molecule has 0 spiro atoms. The molecule has 0 atom stereocenters. The highest BCUT2D eigenvalue weighted by Gasteiger charge is 2.11. The Morgan fingerprint density at radius 3 is 2.65 bits per heavy atom. The van der Waals surface area contributed by atoms with E-state index in [9.17, 15) is 4.79 Å². The molecule has 2 aromatic rings. The van der Waals surface area contributed by atoms with E-state index < -0.39 is 6.09 Å². The van der Waals surface area contributed by atoms with Gasteiger partial charge in [0.05, 0.1) is 15.2 Å². The predicted octanol–water partition coefficient (Wildman–Crippen LogP) is 5.46. The van der Waals surface area contributed by atoms with Crippen LogP contribution < -0.4 is 5.32 Å². The highest BCUT2D eigenvalue weighted by molar-refractivity contribution is 14.1. The van der Waals surface area contributed by atoms with Crippen LogP contribution >= 0.6 is 50.1 Å². The van der Waals surface area contributed by atoms with E-state index in [1.165, 1.54) is 0 Å². The summed E-state index contributed by atoms with van der Waals surface area (Å²) in [5, 5.41) is 3.07. The summed E-state index contributed by atoms with van der Waals surface area (Å²) in [5.74, 6) is 0. The molecule has 0 heterocycles. The van der Waals surface area contributed by atoms with E-state index in [1.54, 1.807) is 6.07 Å². The van der Waals surface area contributed by atoms with Crippen LogP contribution in [0.5, 0.6) is 0 Å². The molecule has 0 unspecified atom stereocenters. The zero-order valence-electron chi connectivity index (χ0n) is 10.2. The minimum atomic E-state index is -0.538. The minimum absolute atomic E-state index is 0.218. The molecule has 1 N–H and O–H groups in total. The van der Waals surface area contributed by atoms with Crippen LogP contribution in [0.25, 0.3) is 0 Å². The Labute approximate surface area is 143 Å². The molecule has 2 rings (SSSR count). The number of carbonyl (C=O) groups is 1. The first-order valence-corrected chi connectivity index (χ1v) is 7.94. The van der Waals surface area contributed by atoms with Crippen molar-refractivity contribution < 1.29 is 9.53 Å². The van der Waals surface area contributed by atoms with Crippen molar-refractivity contribution in [2.45, 2.75) is 6.61 Å². The molecule has 0 aliphatic heterocycles. The normalized spacial score (nSPS) is 10.2. The minimum Gasteiger partial charge on any atom is -0.444 e. The molecule has 0 saturated carbocycles. The van der Waals surface area contributed by atoms with Gasteiger partial charge in [-0.3, -0.25) is 5.32 Å². The monoisotopic (exact) mass is 465 g/mol. The smallest absolute Gasteiger partial charge is 0.412 e. The Bertz CT molecular complexity index is 622. The molecule has 0 aliphatic rings. The van der Waals surface area contributed by atoms with E-state index >= 15 is 0 Å². The van der Waals surface area contributed by atoms with Gasteiger partial charge in [-0.25, -0.2) is 4.79 Å². The summed E-state index contributed by atoms with van der Waals surface area (Å²) in [6, 6.07) is 13.1. The van der Waals surface area contributed by atoms with Crippen LogP contribution in [-0.4, -0.2) is 6.09 Å². The maximum absolute atomic E-state index is 11.7. The summed E-state index contributed by atoms with van der Waals surface area (Å²) in [6.07, 6.45) is -0.538. The second-order valence-corrected chi connectivity index (χ2v) is 6.24. The third kappa shape index (κ3) is 4.10. The molecule has 0 radical (unpaired) electrons. The average Bonchev–Trinajstić information content (AvgIpc) is 2.47. The summed E-state index contributed by atoms with van der Waals surface area (Å²) in [4.78, 5) is 11.7. The number of anilines is 1. The second-order valence-electron chi connectivity index (χ2n) is 3.91. The van der Waals surface area contributed by atoms with Gasteiger partial charge in [-0.2, -0.15) is 0 Å². The molecule has 0 fully saturated rings. The number of carbonyl (C=O) groups excluding carboxylic acids is 1. The number of rotatable bonds is 3. The van der Waals surface area contributed by atoms with Crippen molar-refractivity contribution in [2.75, 3.05) is 5.32 Å². The zero-order valence-corrected chi connectivity index (χ0v) is 14.7. The van der Waals surface area contributed by atoms with Crippen LogP contribution in [0.3, 0.4) is 0 Å². The third-order valence-electron chi connectivity index (χ3n) is 2.48. The van der Waals surface area contributed by atoms with Crippen LogP contribution in [0.4, 0.5) is 10.5 Å². The second kappa shape index (κ2) is 7.28. The Hall–Kier alpha value is -0.790. The maximum Gasteiger partial charge on any atom is 0.412 e. The third-order valence-corrected chi connectivity index (χ3v) is 5.57. The Morgan fingerprint density at radius 1 is 1.25 bits per heavy atom. The molecule has 0 aliphatic carbocycles. The van der Waals surface area contributed by atoms with Gasteiger partial charge in [0.1, 0.15) is 6.61 Å². The van der Waals surface area contributed by atoms with Crippen molar-refractivity contribution in [1.29, 1.82) is 0 Å². The van der Waals surface area contributed by atoms with Crippen LogP contribution in [0.15, 0.2) is 46.9 Å². The summed E-state index contributed by atoms with van der Waals surface area (Å²) in [6.45, 7) is 0.218. The quantitative estimate of drug-likeness (QED) is 0.482. The van der Waals surface area contributed by atoms with Gasteiger partial charge in [-0.15, -0.1) is 0 Å². The van der Waals surface area contributed by atoms with E-state index in [0.29, 0.717) is 10.7 Å². The van der Waals surface area contributed by atoms with E-state index in [0.717, 1.165) is 13.6 Å². The standard InChI is InChI=1S/C14H10BrClINO2/c15-12-10(17)6-7-11(13(12)16)18-14(19)20-8-9-4-2-1-3-5-9/h1-7H,8H2,(H,18,19). The summed E-state index contributed by atoms with van der Waals surface area (Å²) < 4.78 is 6.85. The van der Waals surface area contributed by atoms with Crippen molar-refractivity contribution in [3.8, 4) is 0 Å². The van der Waals surface area contributed by atoms with Gasteiger partial charge < -0.3 is 4.74 Å². The summed E-state index contributed by atoms with van der Waals surface area (Å²) >= 11 is 11.7. The number of ether oxygens (including phenoxy) is 1. The Kier molecular flexibility index (Phi) is 5.68. The van der Waals surface area contributed by atoms with Crippen molar-refractivity contribution in [2.24, 2.45) is 0 Å². The molecule has 6 heteroatoms. The first-order chi connectivity index (χ1) is 9.58. The van der Waals surface area contributed by atoms with Crippen LogP contribution in [-0.2, 0) is 11.3 Å². The van der Waals surface area contributed by atoms with E-state index in [-0.39, 0.29) is 6.61 Å². The van der Waals surface area contributed by atoms with Gasteiger partial charge in [0.2, 0.25) is 0 Å². The van der Waals surface area contributed by atoms with Gasteiger partial charge >= 0.3 is 6.09 Å². The molecule has 1 amide bonds. The van der Waals surface area contributed by atoms with Crippen LogP contribution in [0.2, 0.25) is 5.02 Å². The summed E-state index contributed by atoms with van der Waals surface area (Å²) in [5.41, 5.74) is 1.44. The lowest BCUT2D eigenvalue weighted by Gasteiger charge is -2.10. The molecule has 0 saturated heterocycles. The Balaban J connectivity index is 1.97. The molecule has 20 heavy (non-hydrogen) atoms. The lowest BCUT2D eigenvalue weighted by atomic mass is 10.2.